The fourth-order valence-corrected chi connectivity index (χ4v) is 2.30. The molecule has 0 aliphatic heterocycles. The standard InChI is InChI=1S/C17H17ClN2O2/c1-11-5-3-6-12(2)15(11)20-17(22)16(21)19-10-13-7-4-8-14(18)9-13/h3-9H,10H2,1-2H3,(H,19,21)(H,20,22). The summed E-state index contributed by atoms with van der Waals surface area (Å²) < 4.78 is 0. The van der Waals surface area contributed by atoms with Gasteiger partial charge in [0.2, 0.25) is 0 Å². The summed E-state index contributed by atoms with van der Waals surface area (Å²) in [7, 11) is 0. The van der Waals surface area contributed by atoms with Crippen molar-refractivity contribution in [2.24, 2.45) is 0 Å². The van der Waals surface area contributed by atoms with E-state index in [1.54, 1.807) is 18.2 Å². The maximum absolute atomic E-state index is 12.0. The molecule has 0 aromatic heterocycles. The van der Waals surface area contributed by atoms with Gasteiger partial charge in [-0.1, -0.05) is 41.9 Å². The van der Waals surface area contributed by atoms with Gasteiger partial charge in [0.15, 0.2) is 0 Å². The Morgan fingerprint density at radius 2 is 1.64 bits per heavy atom. The topological polar surface area (TPSA) is 58.2 Å². The van der Waals surface area contributed by atoms with Crippen LogP contribution in [-0.2, 0) is 16.1 Å². The minimum atomic E-state index is -0.681. The number of carbonyl (C=O) groups excluding carboxylic acids is 2. The van der Waals surface area contributed by atoms with Gasteiger partial charge < -0.3 is 10.6 Å². The van der Waals surface area contributed by atoms with E-state index in [4.69, 9.17) is 11.6 Å². The molecule has 2 amide bonds. The van der Waals surface area contributed by atoms with Crippen molar-refractivity contribution in [2.75, 3.05) is 5.32 Å². The molecule has 0 saturated heterocycles. The fraction of sp³-hybridized carbons (Fsp3) is 0.176. The van der Waals surface area contributed by atoms with Crippen LogP contribution in [0.5, 0.6) is 0 Å². The average molecular weight is 317 g/mol. The summed E-state index contributed by atoms with van der Waals surface area (Å²) in [5.41, 5.74) is 3.33. The monoisotopic (exact) mass is 316 g/mol. The Labute approximate surface area is 134 Å². The number of benzene rings is 2. The lowest BCUT2D eigenvalue weighted by Gasteiger charge is -2.11. The minimum Gasteiger partial charge on any atom is -0.344 e. The largest absolute Gasteiger partial charge is 0.344 e. The third kappa shape index (κ3) is 4.09. The number of anilines is 1. The Bertz CT molecular complexity index is 693. The predicted molar refractivity (Wildman–Crippen MR) is 87.8 cm³/mol. The number of carbonyl (C=O) groups is 2. The van der Waals surface area contributed by atoms with E-state index in [-0.39, 0.29) is 6.54 Å². The molecule has 0 aliphatic rings. The van der Waals surface area contributed by atoms with E-state index in [0.29, 0.717) is 10.7 Å². The molecule has 22 heavy (non-hydrogen) atoms. The molecule has 0 radical (unpaired) electrons. The van der Waals surface area contributed by atoms with Gasteiger partial charge in [-0.3, -0.25) is 9.59 Å². The Balaban J connectivity index is 1.97. The van der Waals surface area contributed by atoms with Crippen LogP contribution in [0.2, 0.25) is 5.02 Å². The van der Waals surface area contributed by atoms with Crippen LogP contribution in [0, 0.1) is 13.8 Å². The normalized spacial score (nSPS) is 10.1. The van der Waals surface area contributed by atoms with Crippen molar-refractivity contribution >= 4 is 29.1 Å². The molecule has 2 aromatic rings. The molecule has 0 bridgehead atoms. The quantitative estimate of drug-likeness (QED) is 0.854. The van der Waals surface area contributed by atoms with Gasteiger partial charge in [-0.2, -0.15) is 0 Å². The van der Waals surface area contributed by atoms with Crippen molar-refractivity contribution in [1.29, 1.82) is 0 Å². The lowest BCUT2D eigenvalue weighted by molar-refractivity contribution is -0.136. The predicted octanol–water partition coefficient (Wildman–Crippen LogP) is 3.21. The molecule has 0 unspecified atom stereocenters. The Hall–Kier alpha value is -2.33. The molecule has 2 N–H and O–H groups in total. The van der Waals surface area contributed by atoms with Gasteiger partial charge in [0.1, 0.15) is 0 Å². The van der Waals surface area contributed by atoms with Crippen molar-refractivity contribution in [3.8, 4) is 0 Å². The van der Waals surface area contributed by atoms with Crippen molar-refractivity contribution in [1.82, 2.24) is 5.32 Å². The van der Waals surface area contributed by atoms with Gasteiger partial charge in [-0.15, -0.1) is 0 Å². The Morgan fingerprint density at radius 1 is 1.00 bits per heavy atom. The SMILES string of the molecule is Cc1cccc(C)c1NC(=O)C(=O)NCc1cccc(Cl)c1. The summed E-state index contributed by atoms with van der Waals surface area (Å²) in [5, 5.41) is 5.81. The molecule has 5 heteroatoms. The number of nitrogens with one attached hydrogen (secondary N) is 2. The van der Waals surface area contributed by atoms with E-state index < -0.39 is 11.8 Å². The highest BCUT2D eigenvalue weighted by Crippen LogP contribution is 2.19. The highest BCUT2D eigenvalue weighted by atomic mass is 35.5. The van der Waals surface area contributed by atoms with Crippen LogP contribution in [0.1, 0.15) is 16.7 Å². The summed E-state index contributed by atoms with van der Waals surface area (Å²) in [6.07, 6.45) is 0. The minimum absolute atomic E-state index is 0.250. The highest BCUT2D eigenvalue weighted by molar-refractivity contribution is 6.39. The zero-order valence-corrected chi connectivity index (χ0v) is 13.2. The van der Waals surface area contributed by atoms with Crippen LogP contribution in [-0.4, -0.2) is 11.8 Å². The van der Waals surface area contributed by atoms with E-state index in [1.807, 2.05) is 38.1 Å². The van der Waals surface area contributed by atoms with Gasteiger partial charge in [-0.25, -0.2) is 0 Å². The molecule has 4 nitrogen and oxygen atoms in total. The van der Waals surface area contributed by atoms with Gasteiger partial charge in [0, 0.05) is 17.3 Å². The van der Waals surface area contributed by atoms with Gasteiger partial charge >= 0.3 is 11.8 Å². The van der Waals surface area contributed by atoms with Crippen molar-refractivity contribution in [3.05, 3.63) is 64.2 Å². The number of halogens is 1. The number of hydrogen-bond acceptors (Lipinski definition) is 2. The van der Waals surface area contributed by atoms with Crippen LogP contribution in [0.25, 0.3) is 0 Å². The maximum Gasteiger partial charge on any atom is 0.313 e. The highest BCUT2D eigenvalue weighted by Gasteiger charge is 2.15. The molecule has 114 valence electrons. The van der Waals surface area contributed by atoms with E-state index >= 15 is 0 Å². The number of hydrogen-bond donors (Lipinski definition) is 2. The number of rotatable bonds is 3. The van der Waals surface area contributed by atoms with Crippen LogP contribution >= 0.6 is 11.6 Å². The summed E-state index contributed by atoms with van der Waals surface area (Å²) in [6, 6.07) is 12.8. The van der Waals surface area contributed by atoms with Crippen molar-refractivity contribution in [3.63, 3.8) is 0 Å². The fourth-order valence-electron chi connectivity index (χ4n) is 2.09. The molecule has 0 saturated carbocycles. The van der Waals surface area contributed by atoms with Crippen LogP contribution < -0.4 is 10.6 Å². The molecule has 0 spiro atoms. The molecule has 2 aromatic carbocycles. The third-order valence-electron chi connectivity index (χ3n) is 3.27. The molecular formula is C17H17ClN2O2. The maximum atomic E-state index is 12.0. The first-order chi connectivity index (χ1) is 10.5. The van der Waals surface area contributed by atoms with Gasteiger partial charge in [0.25, 0.3) is 0 Å². The van der Waals surface area contributed by atoms with E-state index in [1.165, 1.54) is 0 Å². The van der Waals surface area contributed by atoms with Gasteiger partial charge in [0.05, 0.1) is 0 Å². The summed E-state index contributed by atoms with van der Waals surface area (Å²) >= 11 is 5.87. The molecule has 0 aliphatic carbocycles. The molecular weight excluding hydrogens is 300 g/mol. The van der Waals surface area contributed by atoms with E-state index in [2.05, 4.69) is 10.6 Å². The van der Waals surface area contributed by atoms with E-state index in [0.717, 1.165) is 16.7 Å². The molecule has 0 heterocycles. The van der Waals surface area contributed by atoms with E-state index in [9.17, 15) is 9.59 Å². The number of aryl methyl sites for hydroxylation is 2. The lowest BCUT2D eigenvalue weighted by Crippen LogP contribution is -2.35. The first-order valence-corrected chi connectivity index (χ1v) is 7.25. The Morgan fingerprint density at radius 3 is 2.27 bits per heavy atom. The zero-order valence-electron chi connectivity index (χ0n) is 12.4. The van der Waals surface area contributed by atoms with Crippen LogP contribution in [0.3, 0.4) is 0 Å². The molecule has 2 rings (SSSR count). The van der Waals surface area contributed by atoms with Crippen molar-refractivity contribution < 1.29 is 9.59 Å². The second-order valence-electron chi connectivity index (χ2n) is 5.03. The first-order valence-electron chi connectivity index (χ1n) is 6.87. The van der Waals surface area contributed by atoms with Crippen LogP contribution in [0.15, 0.2) is 42.5 Å². The second kappa shape index (κ2) is 7.09. The van der Waals surface area contributed by atoms with Crippen molar-refractivity contribution in [2.45, 2.75) is 20.4 Å². The average Bonchev–Trinajstić information content (AvgIpc) is 2.48. The summed E-state index contributed by atoms with van der Waals surface area (Å²) in [4.78, 5) is 23.8. The van der Waals surface area contributed by atoms with Gasteiger partial charge in [-0.05, 0) is 42.7 Å². The van der Waals surface area contributed by atoms with Crippen LogP contribution in [0.4, 0.5) is 5.69 Å². The Kier molecular flexibility index (Phi) is 5.17. The second-order valence-corrected chi connectivity index (χ2v) is 5.47. The number of para-hydroxylation sites is 1. The number of amides is 2. The zero-order chi connectivity index (χ0) is 16.1. The lowest BCUT2D eigenvalue weighted by atomic mass is 10.1. The molecule has 0 atom stereocenters. The third-order valence-corrected chi connectivity index (χ3v) is 3.50. The summed E-state index contributed by atoms with van der Waals surface area (Å²) in [6.45, 7) is 4.01. The smallest absolute Gasteiger partial charge is 0.313 e. The molecule has 0 fully saturated rings. The first kappa shape index (κ1) is 16.0. The summed E-state index contributed by atoms with van der Waals surface area (Å²) in [5.74, 6) is -1.36.